The van der Waals surface area contributed by atoms with E-state index < -0.39 is 6.04 Å². The van der Waals surface area contributed by atoms with Gasteiger partial charge in [-0.2, -0.15) is 4.98 Å². The highest BCUT2D eigenvalue weighted by molar-refractivity contribution is 7.99. The summed E-state index contributed by atoms with van der Waals surface area (Å²) in [5.41, 5.74) is 2.77. The standard InChI is InChI=1S/C25H26Cl2N4O3S/c1-4-13-35-25-29-24-28-15(3)21(23(32)33-5-2)22(31(24)30-25)16-9-11-17(12-10-16)34-14-18-19(26)7-6-8-20(18)27/h6-12,22H,4-5,13-14H2,1-3H3,(H,28,29,30). The molecule has 0 amide bonds. The Morgan fingerprint density at radius 3 is 2.51 bits per heavy atom. The molecule has 7 nitrogen and oxygen atoms in total. The molecule has 2 heterocycles. The predicted molar refractivity (Wildman–Crippen MR) is 139 cm³/mol. The number of ether oxygens (including phenoxy) is 2. The van der Waals surface area contributed by atoms with E-state index in [4.69, 9.17) is 37.8 Å². The maximum absolute atomic E-state index is 12.9. The van der Waals surface area contributed by atoms with Crippen molar-refractivity contribution in [2.45, 2.75) is 45.0 Å². The van der Waals surface area contributed by atoms with Gasteiger partial charge in [0.15, 0.2) is 0 Å². The Labute approximate surface area is 218 Å². The van der Waals surface area contributed by atoms with Crippen LogP contribution in [-0.2, 0) is 16.1 Å². The zero-order valence-corrected chi connectivity index (χ0v) is 22.0. The number of benzene rings is 2. The Balaban J connectivity index is 1.63. The number of aromatic nitrogens is 3. The first-order chi connectivity index (χ1) is 16.9. The van der Waals surface area contributed by atoms with Crippen molar-refractivity contribution >= 4 is 46.9 Å². The van der Waals surface area contributed by atoms with Gasteiger partial charge in [0.25, 0.3) is 0 Å². The summed E-state index contributed by atoms with van der Waals surface area (Å²) in [5.74, 6) is 1.76. The molecule has 3 aromatic rings. The Bertz CT molecular complexity index is 1220. The van der Waals surface area contributed by atoms with E-state index in [1.807, 2.05) is 31.2 Å². The molecule has 0 aliphatic carbocycles. The second-order valence-corrected chi connectivity index (χ2v) is 9.73. The maximum Gasteiger partial charge on any atom is 0.338 e. The molecule has 184 valence electrons. The summed E-state index contributed by atoms with van der Waals surface area (Å²) in [6, 6.07) is 12.4. The third kappa shape index (κ3) is 5.60. The number of carbonyl (C=O) groups excluding carboxylic acids is 1. The minimum absolute atomic E-state index is 0.240. The van der Waals surface area contributed by atoms with Crippen molar-refractivity contribution in [3.63, 3.8) is 0 Å². The number of nitrogens with zero attached hydrogens (tertiary/aromatic N) is 3. The molecule has 4 rings (SSSR count). The molecule has 2 aromatic carbocycles. The zero-order valence-electron chi connectivity index (χ0n) is 19.7. The summed E-state index contributed by atoms with van der Waals surface area (Å²) in [7, 11) is 0. The SMILES string of the molecule is CCCSc1nc2n(n1)C(c1ccc(OCc3c(Cl)cccc3Cl)cc1)C(C(=O)OCC)=C(C)N2. The summed E-state index contributed by atoms with van der Waals surface area (Å²) in [5, 5.41) is 9.68. The van der Waals surface area contributed by atoms with Crippen molar-refractivity contribution < 1.29 is 14.3 Å². The van der Waals surface area contributed by atoms with Crippen molar-refractivity contribution in [3.05, 3.63) is 74.9 Å². The van der Waals surface area contributed by atoms with Gasteiger partial charge in [-0.15, -0.1) is 5.10 Å². The van der Waals surface area contributed by atoms with E-state index in [1.54, 1.807) is 41.6 Å². The van der Waals surface area contributed by atoms with E-state index in [2.05, 4.69) is 17.2 Å². The van der Waals surface area contributed by atoms with E-state index in [9.17, 15) is 4.79 Å². The zero-order chi connectivity index (χ0) is 24.9. The van der Waals surface area contributed by atoms with Crippen LogP contribution in [0, 0.1) is 0 Å². The summed E-state index contributed by atoms with van der Waals surface area (Å²) >= 11 is 14.1. The minimum atomic E-state index is -0.485. The van der Waals surface area contributed by atoms with Gasteiger partial charge in [-0.1, -0.05) is 60.1 Å². The van der Waals surface area contributed by atoms with Crippen LogP contribution in [-0.4, -0.2) is 33.1 Å². The van der Waals surface area contributed by atoms with Crippen LogP contribution in [0.25, 0.3) is 0 Å². The maximum atomic E-state index is 12.9. The van der Waals surface area contributed by atoms with Gasteiger partial charge in [-0.3, -0.25) is 0 Å². The third-order valence-corrected chi connectivity index (χ3v) is 7.16. The van der Waals surface area contributed by atoms with Crippen LogP contribution in [0.2, 0.25) is 10.0 Å². The van der Waals surface area contributed by atoms with Gasteiger partial charge in [0.05, 0.1) is 12.2 Å². The minimum Gasteiger partial charge on any atom is -0.489 e. The topological polar surface area (TPSA) is 78.3 Å². The number of rotatable bonds is 9. The molecule has 1 atom stereocenters. The Morgan fingerprint density at radius 2 is 1.86 bits per heavy atom. The van der Waals surface area contributed by atoms with Gasteiger partial charge in [0.2, 0.25) is 11.1 Å². The van der Waals surface area contributed by atoms with Gasteiger partial charge in [-0.25, -0.2) is 9.48 Å². The lowest BCUT2D eigenvalue weighted by atomic mass is 9.96. The molecule has 10 heteroatoms. The normalized spacial score (nSPS) is 14.9. The van der Waals surface area contributed by atoms with Crippen LogP contribution in [0.4, 0.5) is 5.95 Å². The number of halogens is 2. The van der Waals surface area contributed by atoms with Crippen LogP contribution in [0.5, 0.6) is 5.75 Å². The van der Waals surface area contributed by atoms with Crippen LogP contribution in [0.3, 0.4) is 0 Å². The molecule has 0 saturated carbocycles. The van der Waals surface area contributed by atoms with E-state index in [0.29, 0.717) is 38.2 Å². The molecule has 0 fully saturated rings. The van der Waals surface area contributed by atoms with Gasteiger partial charge in [0.1, 0.15) is 18.4 Å². The lowest BCUT2D eigenvalue weighted by Crippen LogP contribution is -2.29. The Morgan fingerprint density at radius 1 is 1.14 bits per heavy atom. The summed E-state index contributed by atoms with van der Waals surface area (Å²) in [6.45, 7) is 6.26. The van der Waals surface area contributed by atoms with Gasteiger partial charge in [-0.05, 0) is 50.1 Å². The first kappa shape index (κ1) is 25.4. The highest BCUT2D eigenvalue weighted by atomic mass is 35.5. The molecule has 35 heavy (non-hydrogen) atoms. The molecule has 0 bridgehead atoms. The molecule has 1 aliphatic rings. The van der Waals surface area contributed by atoms with Crippen molar-refractivity contribution in [2.24, 2.45) is 0 Å². The average Bonchev–Trinajstić information content (AvgIpc) is 3.24. The van der Waals surface area contributed by atoms with E-state index in [1.165, 1.54) is 0 Å². The summed E-state index contributed by atoms with van der Waals surface area (Å²) in [4.78, 5) is 17.6. The fraction of sp³-hybridized carbons (Fsp3) is 0.320. The van der Waals surface area contributed by atoms with Crippen LogP contribution in [0.15, 0.2) is 58.9 Å². The number of anilines is 1. The van der Waals surface area contributed by atoms with Crippen molar-refractivity contribution in [1.29, 1.82) is 0 Å². The lowest BCUT2D eigenvalue weighted by Gasteiger charge is -2.28. The fourth-order valence-corrected chi connectivity index (χ4v) is 4.93. The molecule has 1 aromatic heterocycles. The number of nitrogens with one attached hydrogen (secondary N) is 1. The van der Waals surface area contributed by atoms with Crippen LogP contribution in [0.1, 0.15) is 44.4 Å². The van der Waals surface area contributed by atoms with Gasteiger partial charge < -0.3 is 14.8 Å². The Hall–Kier alpha value is -2.68. The van der Waals surface area contributed by atoms with Crippen LogP contribution < -0.4 is 10.1 Å². The molecule has 1 aliphatic heterocycles. The van der Waals surface area contributed by atoms with Crippen molar-refractivity contribution in [2.75, 3.05) is 17.7 Å². The van der Waals surface area contributed by atoms with Crippen molar-refractivity contribution in [3.8, 4) is 5.75 Å². The third-order valence-electron chi connectivity index (χ3n) is 5.40. The summed E-state index contributed by atoms with van der Waals surface area (Å²) in [6.07, 6.45) is 1.01. The van der Waals surface area contributed by atoms with E-state index >= 15 is 0 Å². The number of thioether (sulfide) groups is 1. The monoisotopic (exact) mass is 532 g/mol. The average molecular weight is 533 g/mol. The number of fused-ring (bicyclic) bond motifs is 1. The second-order valence-electron chi connectivity index (χ2n) is 7.86. The van der Waals surface area contributed by atoms with Crippen molar-refractivity contribution in [1.82, 2.24) is 14.8 Å². The number of hydrogen-bond donors (Lipinski definition) is 1. The molecular formula is C25H26Cl2N4O3S. The summed E-state index contributed by atoms with van der Waals surface area (Å²) < 4.78 is 13.0. The van der Waals surface area contributed by atoms with E-state index in [-0.39, 0.29) is 19.2 Å². The fourth-order valence-electron chi connectivity index (χ4n) is 3.74. The largest absolute Gasteiger partial charge is 0.489 e. The molecule has 0 spiro atoms. The van der Waals surface area contributed by atoms with Gasteiger partial charge in [0, 0.05) is 27.1 Å². The highest BCUT2D eigenvalue weighted by Crippen LogP contribution is 2.37. The predicted octanol–water partition coefficient (Wildman–Crippen LogP) is 6.52. The second kappa shape index (κ2) is 11.4. The lowest BCUT2D eigenvalue weighted by molar-refractivity contribution is -0.139. The van der Waals surface area contributed by atoms with E-state index in [0.717, 1.165) is 23.3 Å². The Kier molecular flexibility index (Phi) is 8.26. The number of hydrogen-bond acceptors (Lipinski definition) is 7. The first-order valence-corrected chi connectivity index (χ1v) is 13.1. The van der Waals surface area contributed by atoms with Gasteiger partial charge >= 0.3 is 5.97 Å². The number of esters is 1. The molecular weight excluding hydrogens is 507 g/mol. The molecule has 0 radical (unpaired) electrons. The quantitative estimate of drug-likeness (QED) is 0.248. The number of allylic oxidation sites excluding steroid dienone is 1. The number of carbonyl (C=O) groups is 1. The molecule has 1 unspecified atom stereocenters. The molecule has 0 saturated heterocycles. The molecule has 1 N–H and O–H groups in total. The highest BCUT2D eigenvalue weighted by Gasteiger charge is 2.35. The van der Waals surface area contributed by atoms with Crippen LogP contribution >= 0.6 is 35.0 Å². The first-order valence-electron chi connectivity index (χ1n) is 11.3. The smallest absolute Gasteiger partial charge is 0.338 e.